The van der Waals surface area contributed by atoms with Crippen LogP contribution in [0.5, 0.6) is 0 Å². The average molecular weight is 259 g/mol. The van der Waals surface area contributed by atoms with Gasteiger partial charge in [0.2, 0.25) is 5.91 Å². The Hall–Kier alpha value is -1.10. The average Bonchev–Trinajstić information content (AvgIpc) is 2.12. The molecule has 1 heterocycles. The molecule has 0 saturated carbocycles. The predicted molar refractivity (Wildman–Crippen MR) is 57.1 cm³/mol. The van der Waals surface area contributed by atoms with Gasteiger partial charge in [0, 0.05) is 20.3 Å². The zero-order valence-corrected chi connectivity index (χ0v) is 9.61. The van der Waals surface area contributed by atoms with Crippen LogP contribution in [0.15, 0.2) is 27.6 Å². The summed E-state index contributed by atoms with van der Waals surface area (Å²) in [5.74, 6) is -0.106. The second-order valence-electron chi connectivity index (χ2n) is 3.08. The van der Waals surface area contributed by atoms with Gasteiger partial charge in [-0.2, -0.15) is 0 Å². The quantitative estimate of drug-likeness (QED) is 0.784. The molecule has 0 atom stereocenters. The largest absolute Gasteiger partial charge is 0.347 e. The molecule has 0 aliphatic rings. The summed E-state index contributed by atoms with van der Waals surface area (Å²) >= 11 is 3.11. The number of hydrogen-bond donors (Lipinski definition) is 0. The van der Waals surface area contributed by atoms with Crippen molar-refractivity contribution in [2.45, 2.75) is 6.54 Å². The van der Waals surface area contributed by atoms with Crippen LogP contribution in [0, 0.1) is 0 Å². The maximum absolute atomic E-state index is 11.5. The van der Waals surface area contributed by atoms with Crippen molar-refractivity contribution in [3.8, 4) is 0 Å². The molecular formula is C9H11BrN2O2. The van der Waals surface area contributed by atoms with E-state index >= 15 is 0 Å². The number of halogens is 1. The van der Waals surface area contributed by atoms with Gasteiger partial charge < -0.3 is 9.47 Å². The lowest BCUT2D eigenvalue weighted by molar-refractivity contribution is -0.129. The third-order valence-electron chi connectivity index (χ3n) is 1.78. The van der Waals surface area contributed by atoms with Crippen LogP contribution in [0.2, 0.25) is 0 Å². The van der Waals surface area contributed by atoms with Crippen molar-refractivity contribution in [1.29, 1.82) is 0 Å². The number of pyridine rings is 1. The molecule has 0 aliphatic carbocycles. The van der Waals surface area contributed by atoms with Crippen molar-refractivity contribution in [3.05, 3.63) is 33.2 Å². The van der Waals surface area contributed by atoms with Gasteiger partial charge in [0.1, 0.15) is 6.54 Å². The van der Waals surface area contributed by atoms with Crippen molar-refractivity contribution in [1.82, 2.24) is 9.47 Å². The molecule has 1 aromatic heterocycles. The summed E-state index contributed by atoms with van der Waals surface area (Å²) in [5.41, 5.74) is -0.192. The number of carbonyl (C=O) groups is 1. The van der Waals surface area contributed by atoms with Gasteiger partial charge in [-0.3, -0.25) is 9.59 Å². The number of nitrogens with zero attached hydrogens (tertiary/aromatic N) is 2. The molecule has 1 amide bonds. The summed E-state index contributed by atoms with van der Waals surface area (Å²) in [6.45, 7) is 0.0747. The van der Waals surface area contributed by atoms with Gasteiger partial charge in [0.05, 0.1) is 4.47 Å². The van der Waals surface area contributed by atoms with Gasteiger partial charge in [-0.05, 0) is 28.1 Å². The molecule has 0 bridgehead atoms. The van der Waals surface area contributed by atoms with Gasteiger partial charge in [-0.25, -0.2) is 0 Å². The summed E-state index contributed by atoms with van der Waals surface area (Å²) in [6, 6.07) is 3.37. The standard InChI is InChI=1S/C9H11BrN2O2/c1-11(2)8(13)6-12-5-3-4-7(10)9(12)14/h3-5H,6H2,1-2H3. The second kappa shape index (κ2) is 4.41. The summed E-state index contributed by atoms with van der Waals surface area (Å²) in [7, 11) is 3.32. The maximum atomic E-state index is 11.5. The van der Waals surface area contributed by atoms with Crippen LogP contribution in [-0.2, 0) is 11.3 Å². The van der Waals surface area contributed by atoms with Gasteiger partial charge in [-0.1, -0.05) is 0 Å². The van der Waals surface area contributed by atoms with Crippen LogP contribution in [0.1, 0.15) is 0 Å². The van der Waals surface area contributed by atoms with Crippen LogP contribution in [0.4, 0.5) is 0 Å². The van der Waals surface area contributed by atoms with E-state index in [0.717, 1.165) is 0 Å². The molecule has 0 fully saturated rings. The Balaban J connectivity index is 2.93. The van der Waals surface area contributed by atoms with Crippen molar-refractivity contribution in [2.24, 2.45) is 0 Å². The van der Waals surface area contributed by atoms with E-state index < -0.39 is 0 Å². The monoisotopic (exact) mass is 258 g/mol. The van der Waals surface area contributed by atoms with Crippen LogP contribution in [-0.4, -0.2) is 29.5 Å². The zero-order chi connectivity index (χ0) is 10.7. The molecule has 0 N–H and O–H groups in total. The number of aromatic nitrogens is 1. The van der Waals surface area contributed by atoms with E-state index in [2.05, 4.69) is 15.9 Å². The highest BCUT2D eigenvalue weighted by atomic mass is 79.9. The molecule has 4 nitrogen and oxygen atoms in total. The first kappa shape index (κ1) is 11.0. The molecule has 0 spiro atoms. The Labute approximate surface area is 90.3 Å². The minimum Gasteiger partial charge on any atom is -0.347 e. The van der Waals surface area contributed by atoms with Crippen LogP contribution < -0.4 is 5.56 Å². The minimum absolute atomic E-state index is 0.0747. The molecule has 0 unspecified atom stereocenters. The van der Waals surface area contributed by atoms with E-state index in [4.69, 9.17) is 0 Å². The summed E-state index contributed by atoms with van der Waals surface area (Å²) in [6.07, 6.45) is 1.59. The fraction of sp³-hybridized carbons (Fsp3) is 0.333. The summed E-state index contributed by atoms with van der Waals surface area (Å²) in [5, 5.41) is 0. The number of rotatable bonds is 2. The third-order valence-corrected chi connectivity index (χ3v) is 2.38. The minimum atomic E-state index is -0.192. The summed E-state index contributed by atoms with van der Waals surface area (Å²) < 4.78 is 1.83. The Morgan fingerprint density at radius 2 is 2.21 bits per heavy atom. The highest BCUT2D eigenvalue weighted by Crippen LogP contribution is 2.00. The SMILES string of the molecule is CN(C)C(=O)Cn1cccc(Br)c1=O. The fourth-order valence-electron chi connectivity index (χ4n) is 0.919. The van der Waals surface area contributed by atoms with E-state index in [1.807, 2.05) is 0 Å². The van der Waals surface area contributed by atoms with E-state index in [9.17, 15) is 9.59 Å². The van der Waals surface area contributed by atoms with E-state index in [-0.39, 0.29) is 18.0 Å². The third kappa shape index (κ3) is 2.45. The highest BCUT2D eigenvalue weighted by Gasteiger charge is 2.07. The van der Waals surface area contributed by atoms with Gasteiger partial charge in [0.25, 0.3) is 5.56 Å². The lowest BCUT2D eigenvalue weighted by atomic mass is 10.4. The molecule has 0 radical (unpaired) electrons. The topological polar surface area (TPSA) is 42.3 Å². The number of amides is 1. The lowest BCUT2D eigenvalue weighted by Crippen LogP contribution is -2.31. The first-order valence-electron chi connectivity index (χ1n) is 4.07. The molecule has 76 valence electrons. The molecule has 0 aliphatic heterocycles. The van der Waals surface area contributed by atoms with Crippen LogP contribution in [0.3, 0.4) is 0 Å². The number of likely N-dealkylation sites (N-methyl/N-ethyl adjacent to an activating group) is 1. The highest BCUT2D eigenvalue weighted by molar-refractivity contribution is 9.10. The second-order valence-corrected chi connectivity index (χ2v) is 3.93. The molecule has 1 rings (SSSR count). The van der Waals surface area contributed by atoms with Crippen molar-refractivity contribution < 1.29 is 4.79 Å². The smallest absolute Gasteiger partial charge is 0.265 e. The summed E-state index contributed by atoms with van der Waals surface area (Å²) in [4.78, 5) is 24.3. The van der Waals surface area contributed by atoms with E-state index in [1.54, 1.807) is 32.4 Å². The first-order valence-corrected chi connectivity index (χ1v) is 4.87. The van der Waals surface area contributed by atoms with Gasteiger partial charge in [-0.15, -0.1) is 0 Å². The molecule has 0 aromatic carbocycles. The number of carbonyl (C=O) groups excluding carboxylic acids is 1. The predicted octanol–water partition coefficient (Wildman–Crippen LogP) is 0.699. The van der Waals surface area contributed by atoms with E-state index in [0.29, 0.717) is 4.47 Å². The van der Waals surface area contributed by atoms with Crippen molar-refractivity contribution >= 4 is 21.8 Å². The van der Waals surface area contributed by atoms with Crippen molar-refractivity contribution in [2.75, 3.05) is 14.1 Å². The number of hydrogen-bond acceptors (Lipinski definition) is 2. The molecular weight excluding hydrogens is 248 g/mol. The van der Waals surface area contributed by atoms with Gasteiger partial charge in [0.15, 0.2) is 0 Å². The Morgan fingerprint density at radius 1 is 1.57 bits per heavy atom. The zero-order valence-electron chi connectivity index (χ0n) is 8.03. The van der Waals surface area contributed by atoms with Gasteiger partial charge >= 0.3 is 0 Å². The maximum Gasteiger partial charge on any atom is 0.265 e. The van der Waals surface area contributed by atoms with Crippen LogP contribution in [0.25, 0.3) is 0 Å². The Morgan fingerprint density at radius 3 is 2.79 bits per heavy atom. The molecule has 5 heteroatoms. The van der Waals surface area contributed by atoms with E-state index in [1.165, 1.54) is 9.47 Å². The van der Waals surface area contributed by atoms with Crippen LogP contribution >= 0.6 is 15.9 Å². The Bertz CT molecular complexity index is 398. The van der Waals surface area contributed by atoms with Crippen molar-refractivity contribution in [3.63, 3.8) is 0 Å². The fourth-order valence-corrected chi connectivity index (χ4v) is 1.30. The molecule has 14 heavy (non-hydrogen) atoms. The molecule has 1 aromatic rings. The first-order chi connectivity index (χ1) is 6.52. The Kier molecular flexibility index (Phi) is 3.46. The lowest BCUT2D eigenvalue weighted by Gasteiger charge is -2.11. The normalized spacial score (nSPS) is 9.93. The molecule has 0 saturated heterocycles.